The van der Waals surface area contributed by atoms with Gasteiger partial charge >= 0.3 is 0 Å². The zero-order valence-electron chi connectivity index (χ0n) is 19.1. The molecular formula is C27H22Cl3N3OS. The summed E-state index contributed by atoms with van der Waals surface area (Å²) in [5, 5.41) is 5.87. The summed E-state index contributed by atoms with van der Waals surface area (Å²) in [6.07, 6.45) is 1.63. The number of benzene rings is 3. The lowest BCUT2D eigenvalue weighted by Gasteiger charge is -2.12. The molecule has 0 saturated heterocycles. The molecule has 0 unspecified atom stereocenters. The molecule has 1 heterocycles. The van der Waals surface area contributed by atoms with E-state index in [2.05, 4.69) is 10.5 Å². The molecule has 35 heavy (non-hydrogen) atoms. The number of hydrazone groups is 1. The van der Waals surface area contributed by atoms with E-state index in [4.69, 9.17) is 34.8 Å². The van der Waals surface area contributed by atoms with Crippen LogP contribution in [0.4, 0.5) is 0 Å². The number of hydrogen-bond acceptors (Lipinski definition) is 3. The molecule has 0 atom stereocenters. The van der Waals surface area contributed by atoms with Crippen molar-refractivity contribution in [2.75, 3.05) is 0 Å². The first-order chi connectivity index (χ1) is 16.8. The van der Waals surface area contributed by atoms with Crippen molar-refractivity contribution in [1.82, 2.24) is 9.99 Å². The van der Waals surface area contributed by atoms with Gasteiger partial charge in [-0.2, -0.15) is 5.10 Å². The molecule has 0 aliphatic heterocycles. The molecular weight excluding hydrogens is 521 g/mol. The second-order valence-corrected chi connectivity index (χ2v) is 10.1. The predicted octanol–water partition coefficient (Wildman–Crippen LogP) is 8.11. The van der Waals surface area contributed by atoms with Crippen LogP contribution in [0.1, 0.15) is 32.9 Å². The number of hydrogen-bond donors (Lipinski definition) is 1. The monoisotopic (exact) mass is 541 g/mol. The van der Waals surface area contributed by atoms with Gasteiger partial charge in [0.2, 0.25) is 0 Å². The Kier molecular flexibility index (Phi) is 8.24. The molecule has 0 spiro atoms. The van der Waals surface area contributed by atoms with Crippen LogP contribution in [0.2, 0.25) is 15.1 Å². The van der Waals surface area contributed by atoms with Gasteiger partial charge in [0.1, 0.15) is 0 Å². The Morgan fingerprint density at radius 1 is 1.00 bits per heavy atom. The SMILES string of the molecule is Cc1cc(/C=N\NC(=O)c2ccc(CSc3ccc(Cl)cc3)cc2)c(C)n1-c1cccc(Cl)c1Cl. The third kappa shape index (κ3) is 6.11. The maximum absolute atomic E-state index is 12.5. The number of nitrogens with zero attached hydrogens (tertiary/aromatic N) is 2. The van der Waals surface area contributed by atoms with Gasteiger partial charge < -0.3 is 4.57 Å². The Bertz CT molecular complexity index is 1380. The lowest BCUT2D eigenvalue weighted by atomic mass is 10.1. The molecule has 0 radical (unpaired) electrons. The molecule has 178 valence electrons. The van der Waals surface area contributed by atoms with Crippen molar-refractivity contribution in [2.45, 2.75) is 24.5 Å². The van der Waals surface area contributed by atoms with Crippen LogP contribution in [-0.4, -0.2) is 16.7 Å². The molecule has 1 amide bonds. The molecule has 4 aromatic rings. The molecule has 0 aliphatic rings. The van der Waals surface area contributed by atoms with Gasteiger partial charge in [0.25, 0.3) is 5.91 Å². The molecule has 8 heteroatoms. The highest BCUT2D eigenvalue weighted by atomic mass is 35.5. The largest absolute Gasteiger partial charge is 0.316 e. The van der Waals surface area contributed by atoms with E-state index >= 15 is 0 Å². The van der Waals surface area contributed by atoms with Gasteiger partial charge in [0.15, 0.2) is 0 Å². The van der Waals surface area contributed by atoms with Crippen molar-refractivity contribution in [3.8, 4) is 5.69 Å². The van der Waals surface area contributed by atoms with Gasteiger partial charge in [-0.15, -0.1) is 11.8 Å². The number of aromatic nitrogens is 1. The van der Waals surface area contributed by atoms with Crippen LogP contribution in [0.3, 0.4) is 0 Å². The lowest BCUT2D eigenvalue weighted by Crippen LogP contribution is -2.17. The molecule has 0 aliphatic carbocycles. The van der Waals surface area contributed by atoms with Crippen LogP contribution in [0.25, 0.3) is 5.69 Å². The van der Waals surface area contributed by atoms with Crippen molar-refractivity contribution >= 4 is 58.7 Å². The predicted molar refractivity (Wildman–Crippen MR) is 148 cm³/mol. The summed E-state index contributed by atoms with van der Waals surface area (Å²) in [7, 11) is 0. The van der Waals surface area contributed by atoms with Crippen molar-refractivity contribution < 1.29 is 4.79 Å². The minimum Gasteiger partial charge on any atom is -0.316 e. The van der Waals surface area contributed by atoms with Gasteiger partial charge in [0.05, 0.1) is 21.9 Å². The molecule has 0 saturated carbocycles. The first kappa shape index (κ1) is 25.4. The Labute approximate surface area is 223 Å². The van der Waals surface area contributed by atoms with E-state index < -0.39 is 0 Å². The summed E-state index contributed by atoms with van der Waals surface area (Å²) < 4.78 is 2.01. The van der Waals surface area contributed by atoms with E-state index in [1.807, 2.05) is 73.0 Å². The molecule has 0 bridgehead atoms. The van der Waals surface area contributed by atoms with E-state index in [1.54, 1.807) is 36.2 Å². The van der Waals surface area contributed by atoms with Crippen LogP contribution >= 0.6 is 46.6 Å². The van der Waals surface area contributed by atoms with Gasteiger partial charge in [0, 0.05) is 38.2 Å². The average molecular weight is 543 g/mol. The second kappa shape index (κ2) is 11.4. The highest BCUT2D eigenvalue weighted by molar-refractivity contribution is 7.98. The zero-order valence-corrected chi connectivity index (χ0v) is 22.1. The lowest BCUT2D eigenvalue weighted by molar-refractivity contribution is 0.0955. The number of thioether (sulfide) groups is 1. The average Bonchev–Trinajstić information content (AvgIpc) is 3.13. The smallest absolute Gasteiger partial charge is 0.271 e. The maximum Gasteiger partial charge on any atom is 0.271 e. The van der Waals surface area contributed by atoms with Crippen molar-refractivity contribution in [1.29, 1.82) is 0 Å². The van der Waals surface area contributed by atoms with Gasteiger partial charge in [-0.3, -0.25) is 4.79 Å². The minimum absolute atomic E-state index is 0.273. The number of amides is 1. The standard InChI is InChI=1S/C27H22Cl3N3OS/c1-17-14-21(18(2)33(17)25-5-3-4-24(29)26(25)30)15-31-32-27(34)20-8-6-19(7-9-20)16-35-23-12-10-22(28)11-13-23/h3-15H,16H2,1-2H3,(H,32,34)/b31-15-. The summed E-state index contributed by atoms with van der Waals surface area (Å²) in [4.78, 5) is 13.7. The third-order valence-electron chi connectivity index (χ3n) is 5.45. The van der Waals surface area contributed by atoms with Crippen molar-refractivity contribution in [2.24, 2.45) is 5.10 Å². The van der Waals surface area contributed by atoms with E-state index in [9.17, 15) is 4.79 Å². The minimum atomic E-state index is -0.273. The van der Waals surface area contributed by atoms with Crippen LogP contribution in [0, 0.1) is 13.8 Å². The molecule has 1 aromatic heterocycles. The van der Waals surface area contributed by atoms with E-state index in [0.29, 0.717) is 15.6 Å². The first-order valence-corrected chi connectivity index (χ1v) is 12.9. The summed E-state index contributed by atoms with van der Waals surface area (Å²) in [6.45, 7) is 3.95. The highest BCUT2D eigenvalue weighted by Crippen LogP contribution is 2.31. The Morgan fingerprint density at radius 3 is 2.43 bits per heavy atom. The molecule has 1 N–H and O–H groups in total. The zero-order chi connectivity index (χ0) is 24.9. The number of nitrogens with one attached hydrogen (secondary N) is 1. The first-order valence-electron chi connectivity index (χ1n) is 10.8. The van der Waals surface area contributed by atoms with Gasteiger partial charge in [-0.25, -0.2) is 5.43 Å². The normalized spacial score (nSPS) is 11.2. The molecule has 4 nitrogen and oxygen atoms in total. The Hall–Kier alpha value is -2.70. The van der Waals surface area contributed by atoms with E-state index in [-0.39, 0.29) is 5.91 Å². The topological polar surface area (TPSA) is 46.4 Å². The number of aryl methyl sites for hydroxylation is 1. The highest BCUT2D eigenvalue weighted by Gasteiger charge is 2.14. The third-order valence-corrected chi connectivity index (χ3v) is 7.59. The molecule has 3 aromatic carbocycles. The summed E-state index contributed by atoms with van der Waals surface area (Å²) in [6, 6.07) is 22.7. The number of carbonyl (C=O) groups is 1. The van der Waals surface area contributed by atoms with E-state index in [0.717, 1.165) is 43.9 Å². The van der Waals surface area contributed by atoms with Crippen LogP contribution in [0.5, 0.6) is 0 Å². The Balaban J connectivity index is 1.38. The second-order valence-electron chi connectivity index (χ2n) is 7.87. The van der Waals surface area contributed by atoms with Gasteiger partial charge in [-0.1, -0.05) is 53.0 Å². The quantitative estimate of drug-likeness (QED) is 0.146. The summed E-state index contributed by atoms with van der Waals surface area (Å²) >= 11 is 20.2. The van der Waals surface area contributed by atoms with Crippen LogP contribution in [0.15, 0.2) is 82.8 Å². The van der Waals surface area contributed by atoms with Crippen molar-refractivity contribution in [3.63, 3.8) is 0 Å². The maximum atomic E-state index is 12.5. The fourth-order valence-electron chi connectivity index (χ4n) is 3.63. The number of halogens is 3. The van der Waals surface area contributed by atoms with Gasteiger partial charge in [-0.05, 0) is 74.0 Å². The molecule has 4 rings (SSSR count). The molecule has 0 fully saturated rings. The van der Waals surface area contributed by atoms with E-state index in [1.165, 1.54) is 0 Å². The number of rotatable bonds is 7. The van der Waals surface area contributed by atoms with Crippen LogP contribution in [-0.2, 0) is 5.75 Å². The number of carbonyl (C=O) groups excluding carboxylic acids is 1. The fourth-order valence-corrected chi connectivity index (χ4v) is 4.99. The summed E-state index contributed by atoms with van der Waals surface area (Å²) in [5.41, 5.74) is 7.85. The van der Waals surface area contributed by atoms with Crippen LogP contribution < -0.4 is 5.43 Å². The Morgan fingerprint density at radius 2 is 1.71 bits per heavy atom. The summed E-state index contributed by atoms with van der Waals surface area (Å²) in [5.74, 6) is 0.526. The van der Waals surface area contributed by atoms with Crippen molar-refractivity contribution in [3.05, 3.63) is 116 Å². The fraction of sp³-hybridized carbons (Fsp3) is 0.111.